The van der Waals surface area contributed by atoms with Gasteiger partial charge in [-0.2, -0.15) is 0 Å². The number of hydrogen-bond acceptors (Lipinski definition) is 3. The third-order valence-corrected chi connectivity index (χ3v) is 4.61. The molecule has 0 radical (unpaired) electrons. The van der Waals surface area contributed by atoms with Gasteiger partial charge in [0.2, 0.25) is 0 Å². The van der Waals surface area contributed by atoms with Gasteiger partial charge in [-0.25, -0.2) is 4.98 Å². The van der Waals surface area contributed by atoms with Crippen molar-refractivity contribution in [2.75, 3.05) is 12.5 Å². The molecule has 0 atom stereocenters. The molecule has 0 aromatic carbocycles. The zero-order valence-corrected chi connectivity index (χ0v) is 15.7. The van der Waals surface area contributed by atoms with E-state index in [0.29, 0.717) is 5.02 Å². The molecule has 1 aromatic heterocycles. The average molecular weight is 353 g/mol. The fraction of sp³-hybridized carbons (Fsp3) is 0.235. The van der Waals surface area contributed by atoms with E-state index in [9.17, 15) is 0 Å². The summed E-state index contributed by atoms with van der Waals surface area (Å²) in [7, 11) is 0. The number of aromatic amines is 1. The van der Waals surface area contributed by atoms with E-state index in [-0.39, 0.29) is 0 Å². The molecular weight excluding hydrogens is 332 g/mol. The maximum atomic E-state index is 6.40. The first-order chi connectivity index (χ1) is 10.5. The second kappa shape index (κ2) is 9.82. The van der Waals surface area contributed by atoms with E-state index >= 15 is 0 Å². The number of allylic oxidation sites excluding steroid dienone is 4. The summed E-state index contributed by atoms with van der Waals surface area (Å²) in [5, 5.41) is 1.45. The highest BCUT2D eigenvalue weighted by molar-refractivity contribution is 8.02. The second-order valence-electron chi connectivity index (χ2n) is 4.42. The van der Waals surface area contributed by atoms with Gasteiger partial charge in [-0.1, -0.05) is 42.1 Å². The fourth-order valence-corrected chi connectivity index (χ4v) is 2.79. The molecule has 0 aliphatic heterocycles. The van der Waals surface area contributed by atoms with Gasteiger partial charge in [0.05, 0.1) is 0 Å². The molecule has 0 spiro atoms. The van der Waals surface area contributed by atoms with Gasteiger partial charge < -0.3 is 4.98 Å². The zero-order valence-electron chi connectivity index (χ0n) is 13.3. The first-order valence-corrected chi connectivity index (χ1v) is 9.55. The Morgan fingerprint density at radius 3 is 2.68 bits per heavy atom. The molecule has 2 nitrogen and oxygen atoms in total. The number of rotatable bonds is 5. The molecule has 5 heteroatoms. The molecule has 0 unspecified atom stereocenters. The van der Waals surface area contributed by atoms with Crippen molar-refractivity contribution in [2.45, 2.75) is 19.0 Å². The van der Waals surface area contributed by atoms with Crippen LogP contribution in [0, 0.1) is 6.92 Å². The van der Waals surface area contributed by atoms with Crippen molar-refractivity contribution in [3.8, 4) is 0 Å². The van der Waals surface area contributed by atoms with Gasteiger partial charge in [-0.15, -0.1) is 11.8 Å². The van der Waals surface area contributed by atoms with Crippen LogP contribution in [0.1, 0.15) is 18.2 Å². The Bertz CT molecular complexity index is 644. The summed E-state index contributed by atoms with van der Waals surface area (Å²) in [5.41, 5.74) is 2.71. The normalized spacial score (nSPS) is 11.6. The smallest absolute Gasteiger partial charge is 0.165 e. The molecule has 0 fully saturated rings. The standard InChI is InChI=1S/C17H21ClN2S2/c1-6-14(21-4)8-7-12(2)15-11-13(3)20-17(22-5)19-10-9-16(15)18/h6-11H,2H2,1,3-5H3,(H,19,20)/b8-7-,10-9?,13-11?,14-6+,16-15?. The molecule has 0 aliphatic rings. The Morgan fingerprint density at radius 2 is 2.09 bits per heavy atom. The Labute approximate surface area is 146 Å². The minimum Gasteiger partial charge on any atom is -0.339 e. The Morgan fingerprint density at radius 1 is 1.36 bits per heavy atom. The zero-order chi connectivity index (χ0) is 16.5. The Hall–Kier alpha value is -1.10. The minimum atomic E-state index is 0.619. The Kier molecular flexibility index (Phi) is 8.46. The number of nitrogens with one attached hydrogen (secondary N) is 1. The van der Waals surface area contributed by atoms with Gasteiger partial charge in [-0.3, -0.25) is 0 Å². The third-order valence-electron chi connectivity index (χ3n) is 2.84. The van der Waals surface area contributed by atoms with Gasteiger partial charge in [0.15, 0.2) is 5.16 Å². The summed E-state index contributed by atoms with van der Waals surface area (Å²) in [6.45, 7) is 8.13. The summed E-state index contributed by atoms with van der Waals surface area (Å²) in [5.74, 6) is 0. The van der Waals surface area contributed by atoms with Crippen LogP contribution in [0.25, 0.3) is 5.57 Å². The van der Waals surface area contributed by atoms with Gasteiger partial charge in [-0.05, 0) is 50.1 Å². The topological polar surface area (TPSA) is 28.7 Å². The molecule has 118 valence electrons. The lowest BCUT2D eigenvalue weighted by Crippen LogP contribution is -1.84. The summed E-state index contributed by atoms with van der Waals surface area (Å²) >= 11 is 9.64. The second-order valence-corrected chi connectivity index (χ2v) is 6.50. The van der Waals surface area contributed by atoms with Crippen molar-refractivity contribution in [2.24, 2.45) is 0 Å². The highest BCUT2D eigenvalue weighted by Gasteiger charge is 2.01. The Balaban J connectivity index is 3.32. The van der Waals surface area contributed by atoms with E-state index < -0.39 is 0 Å². The molecule has 0 amide bonds. The van der Waals surface area contributed by atoms with Crippen molar-refractivity contribution >= 4 is 40.7 Å². The van der Waals surface area contributed by atoms with Crippen molar-refractivity contribution < 1.29 is 0 Å². The number of aryl methyl sites for hydroxylation is 1. The number of halogens is 1. The maximum absolute atomic E-state index is 6.40. The first-order valence-electron chi connectivity index (χ1n) is 6.73. The van der Waals surface area contributed by atoms with Crippen LogP contribution >= 0.6 is 35.1 Å². The van der Waals surface area contributed by atoms with Gasteiger partial charge in [0.1, 0.15) is 0 Å². The van der Waals surface area contributed by atoms with Gasteiger partial charge in [0.25, 0.3) is 0 Å². The summed E-state index contributed by atoms with van der Waals surface area (Å²) in [6, 6.07) is 3.78. The van der Waals surface area contributed by atoms with Gasteiger partial charge >= 0.3 is 0 Å². The highest BCUT2D eigenvalue weighted by atomic mass is 35.5. The van der Waals surface area contributed by atoms with Crippen LogP contribution in [0.3, 0.4) is 0 Å². The van der Waals surface area contributed by atoms with E-state index in [1.165, 1.54) is 4.91 Å². The summed E-state index contributed by atoms with van der Waals surface area (Å²) in [4.78, 5) is 8.76. The van der Waals surface area contributed by atoms with Crippen molar-refractivity contribution in [1.82, 2.24) is 9.97 Å². The fourth-order valence-electron chi connectivity index (χ4n) is 1.69. The molecule has 0 saturated carbocycles. The van der Waals surface area contributed by atoms with Crippen LogP contribution in [-0.2, 0) is 0 Å². The molecule has 22 heavy (non-hydrogen) atoms. The van der Waals surface area contributed by atoms with Crippen LogP contribution in [0.5, 0.6) is 0 Å². The summed E-state index contributed by atoms with van der Waals surface area (Å²) < 4.78 is 0. The maximum Gasteiger partial charge on any atom is 0.165 e. The molecule has 1 N–H and O–H groups in total. The molecule has 1 aromatic rings. The van der Waals surface area contributed by atoms with Crippen molar-refractivity contribution in [3.63, 3.8) is 0 Å². The van der Waals surface area contributed by atoms with Crippen LogP contribution < -0.4 is 0 Å². The van der Waals surface area contributed by atoms with E-state index in [4.69, 9.17) is 11.6 Å². The lowest BCUT2D eigenvalue weighted by molar-refractivity contribution is 0.964. The lowest BCUT2D eigenvalue weighted by atomic mass is 10.1. The van der Waals surface area contributed by atoms with E-state index in [1.54, 1.807) is 35.8 Å². The SMILES string of the molecule is C=C(/C=C\C(=C/C)SC)c1cc(C)[nH]c(SC)nccc1Cl. The number of thioether (sulfide) groups is 2. The predicted molar refractivity (Wildman–Crippen MR) is 103 cm³/mol. The number of aromatic nitrogens is 2. The van der Waals surface area contributed by atoms with Crippen LogP contribution in [0.4, 0.5) is 0 Å². The molecule has 0 aliphatic carbocycles. The van der Waals surface area contributed by atoms with Crippen molar-refractivity contribution in [1.29, 1.82) is 0 Å². The average Bonchev–Trinajstić information content (AvgIpc) is 2.58. The monoisotopic (exact) mass is 352 g/mol. The van der Waals surface area contributed by atoms with Gasteiger partial charge in [0, 0.05) is 27.4 Å². The van der Waals surface area contributed by atoms with Crippen LogP contribution in [0.2, 0.25) is 5.02 Å². The molecule has 1 rings (SSSR count). The quantitative estimate of drug-likeness (QED) is 0.516. The van der Waals surface area contributed by atoms with Crippen LogP contribution in [0.15, 0.2) is 53.2 Å². The van der Waals surface area contributed by atoms with E-state index in [2.05, 4.69) is 22.6 Å². The molecule has 1 heterocycles. The first kappa shape index (κ1) is 18.9. The molecule has 0 saturated heterocycles. The molecule has 0 bridgehead atoms. The molecular formula is C17H21ClN2S2. The largest absolute Gasteiger partial charge is 0.339 e. The van der Waals surface area contributed by atoms with Crippen LogP contribution in [-0.4, -0.2) is 22.5 Å². The third kappa shape index (κ3) is 5.95. The highest BCUT2D eigenvalue weighted by Crippen LogP contribution is 2.24. The summed E-state index contributed by atoms with van der Waals surface area (Å²) in [6.07, 6.45) is 11.8. The van der Waals surface area contributed by atoms with E-state index in [1.807, 2.05) is 44.6 Å². The van der Waals surface area contributed by atoms with E-state index in [0.717, 1.165) is 22.0 Å². The lowest BCUT2D eigenvalue weighted by Gasteiger charge is -2.02. The number of H-pyrrole nitrogens is 1. The minimum absolute atomic E-state index is 0.619. The predicted octanol–water partition coefficient (Wildman–Crippen LogP) is 6.05. The number of hydrogen-bond donors (Lipinski definition) is 1. The van der Waals surface area contributed by atoms with Crippen molar-refractivity contribution in [3.05, 3.63) is 64.3 Å². The number of nitrogens with zero attached hydrogens (tertiary/aromatic N) is 1.